The zero-order chi connectivity index (χ0) is 19.6. The number of allylic oxidation sites excluding steroid dienone is 1. The molecule has 0 bridgehead atoms. The van der Waals surface area contributed by atoms with Gasteiger partial charge < -0.3 is 25.2 Å². The van der Waals surface area contributed by atoms with E-state index < -0.39 is 18.0 Å². The molecule has 0 spiro atoms. The Labute approximate surface area is 162 Å². The van der Waals surface area contributed by atoms with Crippen molar-refractivity contribution in [3.05, 3.63) is 34.0 Å². The van der Waals surface area contributed by atoms with Crippen molar-refractivity contribution in [2.45, 2.75) is 51.2 Å². The molecule has 0 saturated heterocycles. The van der Waals surface area contributed by atoms with Crippen LogP contribution in [0.25, 0.3) is 0 Å². The van der Waals surface area contributed by atoms with Crippen LogP contribution in [0.3, 0.4) is 0 Å². The molecule has 8 heteroatoms. The van der Waals surface area contributed by atoms with Gasteiger partial charge in [0.05, 0.1) is 23.7 Å². The van der Waals surface area contributed by atoms with Gasteiger partial charge in [0.1, 0.15) is 6.10 Å². The predicted octanol–water partition coefficient (Wildman–Crippen LogP) is 3.56. The van der Waals surface area contributed by atoms with Crippen LogP contribution in [-0.4, -0.2) is 30.3 Å². The maximum atomic E-state index is 12.9. The minimum atomic E-state index is -0.762. The topological polar surface area (TPSA) is 96.9 Å². The van der Waals surface area contributed by atoms with Gasteiger partial charge >= 0.3 is 12.0 Å². The van der Waals surface area contributed by atoms with E-state index >= 15 is 0 Å². The van der Waals surface area contributed by atoms with Crippen molar-refractivity contribution in [3.63, 3.8) is 0 Å². The fraction of sp³-hybridized carbons (Fsp3) is 0.474. The number of nitrogens with one attached hydrogen (secondary N) is 2. The molecule has 7 nitrogen and oxygen atoms in total. The number of aromatic hydroxyl groups is 1. The average Bonchev–Trinajstić information content (AvgIpc) is 2.63. The lowest BCUT2D eigenvalue weighted by Gasteiger charge is -2.30. The molecule has 1 aliphatic carbocycles. The third-order valence-electron chi connectivity index (χ3n) is 4.92. The van der Waals surface area contributed by atoms with Crippen molar-refractivity contribution in [1.29, 1.82) is 0 Å². The summed E-state index contributed by atoms with van der Waals surface area (Å²) in [5, 5.41) is 15.4. The van der Waals surface area contributed by atoms with E-state index in [1.54, 1.807) is 13.0 Å². The summed E-state index contributed by atoms with van der Waals surface area (Å²) in [6, 6.07) is 1.84. The van der Waals surface area contributed by atoms with Crippen LogP contribution in [0.5, 0.6) is 11.5 Å². The highest BCUT2D eigenvalue weighted by atomic mass is 35.5. The van der Waals surface area contributed by atoms with Gasteiger partial charge in [-0.1, -0.05) is 18.0 Å². The summed E-state index contributed by atoms with van der Waals surface area (Å²) in [5.41, 5.74) is 1.25. The number of rotatable bonds is 4. The molecule has 1 aliphatic heterocycles. The number of hydrogen-bond donors (Lipinski definition) is 3. The predicted molar refractivity (Wildman–Crippen MR) is 99.7 cm³/mol. The van der Waals surface area contributed by atoms with Crippen LogP contribution in [-0.2, 0) is 9.53 Å². The molecular formula is C19H23ClN2O5. The third-order valence-corrected chi connectivity index (χ3v) is 5.21. The average molecular weight is 395 g/mol. The first-order chi connectivity index (χ1) is 12.9. The lowest BCUT2D eigenvalue weighted by atomic mass is 9.94. The number of urea groups is 1. The van der Waals surface area contributed by atoms with E-state index in [2.05, 4.69) is 10.6 Å². The van der Waals surface area contributed by atoms with Gasteiger partial charge in [-0.2, -0.15) is 0 Å². The van der Waals surface area contributed by atoms with Crippen LogP contribution < -0.4 is 15.4 Å². The zero-order valence-corrected chi connectivity index (χ0v) is 16.1. The fourth-order valence-electron chi connectivity index (χ4n) is 3.53. The molecule has 2 aliphatic rings. The Kier molecular flexibility index (Phi) is 5.79. The Morgan fingerprint density at radius 3 is 2.63 bits per heavy atom. The van der Waals surface area contributed by atoms with Gasteiger partial charge in [0.2, 0.25) is 0 Å². The lowest BCUT2D eigenvalue weighted by Crippen LogP contribution is -2.45. The van der Waals surface area contributed by atoms with Crippen molar-refractivity contribution in [3.8, 4) is 11.5 Å². The van der Waals surface area contributed by atoms with Gasteiger partial charge in [-0.05, 0) is 50.3 Å². The molecule has 1 fully saturated rings. The molecule has 1 aromatic rings. The second-order valence-corrected chi connectivity index (χ2v) is 7.20. The SMILES string of the molecule is COc1cc([C@H]2NC(=O)NC(C)=C2C(=O)OC2CCCCC2)cc(Cl)c1O. The minimum absolute atomic E-state index is 0.0646. The summed E-state index contributed by atoms with van der Waals surface area (Å²) in [4.78, 5) is 24.9. The summed E-state index contributed by atoms with van der Waals surface area (Å²) in [6.07, 6.45) is 4.82. The molecule has 1 heterocycles. The molecule has 0 radical (unpaired) electrons. The maximum Gasteiger partial charge on any atom is 0.338 e. The third kappa shape index (κ3) is 4.13. The van der Waals surface area contributed by atoms with Crippen LogP contribution in [0.1, 0.15) is 50.6 Å². The first-order valence-electron chi connectivity index (χ1n) is 8.96. The maximum absolute atomic E-state index is 12.9. The molecule has 1 atom stereocenters. The standard InChI is InChI=1S/C19H23ClN2O5/c1-10-15(18(24)27-12-6-4-3-5-7-12)16(22-19(25)21-10)11-8-13(20)17(23)14(9-11)26-2/h8-9,12,16,23H,3-7H2,1-2H3,(H2,21,22,25)/t16-/m1/s1. The molecular weight excluding hydrogens is 372 g/mol. The minimum Gasteiger partial charge on any atom is -0.503 e. The smallest absolute Gasteiger partial charge is 0.338 e. The molecule has 2 amide bonds. The zero-order valence-electron chi connectivity index (χ0n) is 15.3. The van der Waals surface area contributed by atoms with E-state index in [0.29, 0.717) is 16.8 Å². The van der Waals surface area contributed by atoms with Gasteiger partial charge in [0, 0.05) is 5.70 Å². The highest BCUT2D eigenvalue weighted by molar-refractivity contribution is 6.32. The van der Waals surface area contributed by atoms with E-state index in [-0.39, 0.29) is 22.6 Å². The quantitative estimate of drug-likeness (QED) is 0.678. The van der Waals surface area contributed by atoms with Crippen molar-refractivity contribution >= 4 is 23.6 Å². The Morgan fingerprint density at radius 1 is 1.26 bits per heavy atom. The van der Waals surface area contributed by atoms with E-state index in [0.717, 1.165) is 32.1 Å². The van der Waals surface area contributed by atoms with Crippen LogP contribution in [0.2, 0.25) is 5.02 Å². The number of carbonyl (C=O) groups excluding carboxylic acids is 2. The number of phenols is 1. The summed E-state index contributed by atoms with van der Waals surface area (Å²) in [5.74, 6) is -0.516. The van der Waals surface area contributed by atoms with E-state index in [9.17, 15) is 14.7 Å². The largest absolute Gasteiger partial charge is 0.503 e. The van der Waals surface area contributed by atoms with Crippen molar-refractivity contribution in [2.75, 3.05) is 7.11 Å². The lowest BCUT2D eigenvalue weighted by molar-refractivity contribution is -0.146. The number of methoxy groups -OCH3 is 1. The van der Waals surface area contributed by atoms with Gasteiger partial charge in [0.25, 0.3) is 0 Å². The second-order valence-electron chi connectivity index (χ2n) is 6.79. The van der Waals surface area contributed by atoms with Gasteiger partial charge in [-0.3, -0.25) is 0 Å². The van der Waals surface area contributed by atoms with E-state index in [1.165, 1.54) is 13.2 Å². The first kappa shape index (κ1) is 19.4. The first-order valence-corrected chi connectivity index (χ1v) is 9.34. The van der Waals surface area contributed by atoms with Gasteiger partial charge in [-0.25, -0.2) is 9.59 Å². The van der Waals surface area contributed by atoms with E-state index in [4.69, 9.17) is 21.1 Å². The van der Waals surface area contributed by atoms with Crippen LogP contribution >= 0.6 is 11.6 Å². The number of phenolic OH excluding ortho intramolecular Hbond substituents is 1. The summed E-state index contributed by atoms with van der Waals surface area (Å²) in [6.45, 7) is 1.66. The Morgan fingerprint density at radius 2 is 1.96 bits per heavy atom. The van der Waals surface area contributed by atoms with Gasteiger partial charge in [-0.15, -0.1) is 0 Å². The molecule has 0 aromatic heterocycles. The number of hydrogen-bond acceptors (Lipinski definition) is 5. The summed E-state index contributed by atoms with van der Waals surface area (Å²) < 4.78 is 10.8. The summed E-state index contributed by atoms with van der Waals surface area (Å²) >= 11 is 6.08. The molecule has 1 aromatic carbocycles. The van der Waals surface area contributed by atoms with Crippen LogP contribution in [0.4, 0.5) is 4.79 Å². The molecule has 27 heavy (non-hydrogen) atoms. The highest BCUT2D eigenvalue weighted by Crippen LogP contribution is 2.39. The van der Waals surface area contributed by atoms with Crippen LogP contribution in [0.15, 0.2) is 23.4 Å². The van der Waals surface area contributed by atoms with Crippen molar-refractivity contribution in [1.82, 2.24) is 10.6 Å². The molecule has 1 saturated carbocycles. The van der Waals surface area contributed by atoms with Crippen LogP contribution in [0, 0.1) is 0 Å². The number of esters is 1. The molecule has 146 valence electrons. The number of halogens is 1. The summed E-state index contributed by atoms with van der Waals surface area (Å²) in [7, 11) is 1.40. The molecule has 0 unspecified atom stereocenters. The number of carbonyl (C=O) groups is 2. The van der Waals surface area contributed by atoms with Crippen molar-refractivity contribution in [2.24, 2.45) is 0 Å². The normalized spacial score (nSPS) is 20.7. The fourth-order valence-corrected chi connectivity index (χ4v) is 3.75. The van der Waals surface area contributed by atoms with E-state index in [1.807, 2.05) is 0 Å². The molecule has 3 N–H and O–H groups in total. The number of amides is 2. The molecule has 3 rings (SSSR count). The monoisotopic (exact) mass is 394 g/mol. The number of ether oxygens (including phenoxy) is 2. The van der Waals surface area contributed by atoms with Crippen molar-refractivity contribution < 1.29 is 24.2 Å². The Balaban J connectivity index is 1.94. The highest BCUT2D eigenvalue weighted by Gasteiger charge is 2.34. The number of benzene rings is 1. The second kappa shape index (κ2) is 8.08. The van der Waals surface area contributed by atoms with Gasteiger partial charge in [0.15, 0.2) is 11.5 Å². The Bertz CT molecular complexity index is 787. The Hall–Kier alpha value is -2.41.